The molecule has 0 aliphatic carbocycles. The molecule has 2 aromatic rings. The first-order chi connectivity index (χ1) is 12.7. The van der Waals surface area contributed by atoms with Crippen LogP contribution in [-0.2, 0) is 11.2 Å². The molecule has 1 saturated heterocycles. The molecule has 1 aromatic carbocycles. The summed E-state index contributed by atoms with van der Waals surface area (Å²) in [5, 5.41) is 0. The summed E-state index contributed by atoms with van der Waals surface area (Å²) < 4.78 is 19.0. The summed E-state index contributed by atoms with van der Waals surface area (Å²) in [5.74, 6) is -0.298. The van der Waals surface area contributed by atoms with Crippen LogP contribution in [-0.4, -0.2) is 40.2 Å². The van der Waals surface area contributed by atoms with E-state index in [9.17, 15) is 9.18 Å². The molecule has 1 amide bonds. The average molecular weight is 371 g/mol. The Morgan fingerprint density at radius 3 is 2.74 bits per heavy atom. The monoisotopic (exact) mass is 371 g/mol. The van der Waals surface area contributed by atoms with Crippen molar-refractivity contribution in [1.82, 2.24) is 9.88 Å². The number of pyridine rings is 1. The van der Waals surface area contributed by atoms with Crippen molar-refractivity contribution in [2.45, 2.75) is 51.3 Å². The Kier molecular flexibility index (Phi) is 5.46. The van der Waals surface area contributed by atoms with Gasteiger partial charge < -0.3 is 15.4 Å². The number of halogens is 1. The standard InChI is InChI=1S/C21H26FN3O2/c1-21(2,3)27-20(26)25-11-10-17(23)19(25)13-16-8-5-9-18(24-16)14-6-4-7-15(22)12-14/h4-9,12,17,19H,10-11,13,23H2,1-3H3/t17-,19-/m1/s1. The normalized spacial score (nSPS) is 20.0. The zero-order valence-corrected chi connectivity index (χ0v) is 16.0. The summed E-state index contributed by atoms with van der Waals surface area (Å²) in [6.07, 6.45) is 0.915. The summed E-state index contributed by atoms with van der Waals surface area (Å²) in [6.45, 7) is 6.12. The second-order valence-corrected chi connectivity index (χ2v) is 7.92. The van der Waals surface area contributed by atoms with Crippen LogP contribution in [0.4, 0.5) is 9.18 Å². The van der Waals surface area contributed by atoms with E-state index >= 15 is 0 Å². The number of aromatic nitrogens is 1. The zero-order chi connectivity index (χ0) is 19.6. The van der Waals surface area contributed by atoms with Crippen LogP contribution in [0.15, 0.2) is 42.5 Å². The molecule has 0 unspecified atom stereocenters. The van der Waals surface area contributed by atoms with Crippen molar-refractivity contribution in [3.63, 3.8) is 0 Å². The first-order valence-electron chi connectivity index (χ1n) is 9.20. The van der Waals surface area contributed by atoms with Gasteiger partial charge in [0.05, 0.1) is 11.7 Å². The Bertz CT molecular complexity index is 819. The van der Waals surface area contributed by atoms with Crippen LogP contribution < -0.4 is 5.73 Å². The number of carbonyl (C=O) groups excluding carboxylic acids is 1. The minimum Gasteiger partial charge on any atom is -0.444 e. The van der Waals surface area contributed by atoms with Gasteiger partial charge in [-0.15, -0.1) is 0 Å². The Hall–Kier alpha value is -2.47. The summed E-state index contributed by atoms with van der Waals surface area (Å²) in [4.78, 5) is 18.9. The van der Waals surface area contributed by atoms with Crippen molar-refractivity contribution >= 4 is 6.09 Å². The van der Waals surface area contributed by atoms with Gasteiger partial charge in [0.2, 0.25) is 0 Å². The quantitative estimate of drug-likeness (QED) is 0.892. The highest BCUT2D eigenvalue weighted by Crippen LogP contribution is 2.24. The first-order valence-corrected chi connectivity index (χ1v) is 9.20. The van der Waals surface area contributed by atoms with Gasteiger partial charge in [-0.2, -0.15) is 0 Å². The molecule has 0 radical (unpaired) electrons. The largest absolute Gasteiger partial charge is 0.444 e. The van der Waals surface area contributed by atoms with Gasteiger partial charge >= 0.3 is 6.09 Å². The molecule has 2 heterocycles. The number of rotatable bonds is 3. The fraction of sp³-hybridized carbons (Fsp3) is 0.429. The van der Waals surface area contributed by atoms with Crippen LogP contribution in [0.5, 0.6) is 0 Å². The lowest BCUT2D eigenvalue weighted by Gasteiger charge is -2.29. The Morgan fingerprint density at radius 2 is 2.04 bits per heavy atom. The van der Waals surface area contributed by atoms with Crippen molar-refractivity contribution in [2.75, 3.05) is 6.54 Å². The van der Waals surface area contributed by atoms with Gasteiger partial charge in [0, 0.05) is 30.3 Å². The number of carbonyl (C=O) groups is 1. The molecule has 27 heavy (non-hydrogen) atoms. The molecule has 1 aromatic heterocycles. The molecule has 1 aliphatic heterocycles. The van der Waals surface area contributed by atoms with Crippen LogP contribution >= 0.6 is 0 Å². The molecule has 0 bridgehead atoms. The molecular weight excluding hydrogens is 345 g/mol. The third-order valence-corrected chi connectivity index (χ3v) is 4.57. The Labute approximate surface area is 159 Å². The molecule has 3 rings (SSSR count). The van der Waals surface area contributed by atoms with Gasteiger partial charge in [0.25, 0.3) is 0 Å². The number of nitrogens with zero attached hydrogens (tertiary/aromatic N) is 2. The molecule has 0 spiro atoms. The number of likely N-dealkylation sites (tertiary alicyclic amines) is 1. The van der Waals surface area contributed by atoms with Gasteiger partial charge in [-0.25, -0.2) is 9.18 Å². The molecule has 2 atom stereocenters. The molecule has 0 saturated carbocycles. The van der Waals surface area contributed by atoms with Crippen LogP contribution in [0.1, 0.15) is 32.9 Å². The van der Waals surface area contributed by atoms with Gasteiger partial charge in [0.15, 0.2) is 0 Å². The van der Waals surface area contributed by atoms with Crippen molar-refractivity contribution in [1.29, 1.82) is 0 Å². The lowest BCUT2D eigenvalue weighted by Crippen LogP contribution is -2.46. The fourth-order valence-electron chi connectivity index (χ4n) is 3.30. The van der Waals surface area contributed by atoms with E-state index in [-0.39, 0.29) is 24.0 Å². The number of hydrogen-bond acceptors (Lipinski definition) is 4. The minimum absolute atomic E-state index is 0.128. The van der Waals surface area contributed by atoms with E-state index in [0.29, 0.717) is 18.7 Å². The lowest BCUT2D eigenvalue weighted by atomic mass is 10.0. The molecule has 5 nitrogen and oxygen atoms in total. The van der Waals surface area contributed by atoms with E-state index in [0.717, 1.165) is 17.7 Å². The molecule has 144 valence electrons. The van der Waals surface area contributed by atoms with E-state index in [2.05, 4.69) is 4.98 Å². The summed E-state index contributed by atoms with van der Waals surface area (Å²) in [6, 6.07) is 11.7. The van der Waals surface area contributed by atoms with Gasteiger partial charge in [-0.05, 0) is 51.5 Å². The highest BCUT2D eigenvalue weighted by atomic mass is 19.1. The molecule has 6 heteroatoms. The topological polar surface area (TPSA) is 68.5 Å². The highest BCUT2D eigenvalue weighted by molar-refractivity contribution is 5.69. The molecule has 1 fully saturated rings. The van der Waals surface area contributed by atoms with Gasteiger partial charge in [-0.3, -0.25) is 4.98 Å². The van der Waals surface area contributed by atoms with Crippen molar-refractivity contribution in [2.24, 2.45) is 5.73 Å². The number of benzene rings is 1. The van der Waals surface area contributed by atoms with Gasteiger partial charge in [0.1, 0.15) is 11.4 Å². The van der Waals surface area contributed by atoms with Crippen LogP contribution in [0.25, 0.3) is 11.3 Å². The SMILES string of the molecule is CC(C)(C)OC(=O)N1CC[C@@H](N)[C@H]1Cc1cccc(-c2cccc(F)c2)n1. The maximum absolute atomic E-state index is 13.5. The van der Waals surface area contributed by atoms with E-state index in [4.69, 9.17) is 10.5 Å². The van der Waals surface area contributed by atoms with E-state index in [1.807, 2.05) is 45.0 Å². The number of nitrogens with two attached hydrogens (primary N) is 1. The van der Waals surface area contributed by atoms with E-state index in [1.54, 1.807) is 11.0 Å². The predicted molar refractivity (Wildman–Crippen MR) is 103 cm³/mol. The molecular formula is C21H26FN3O2. The zero-order valence-electron chi connectivity index (χ0n) is 16.0. The van der Waals surface area contributed by atoms with E-state index < -0.39 is 5.60 Å². The van der Waals surface area contributed by atoms with Crippen LogP contribution in [0.2, 0.25) is 0 Å². The molecule has 1 aliphatic rings. The highest BCUT2D eigenvalue weighted by Gasteiger charge is 2.37. The van der Waals surface area contributed by atoms with Crippen molar-refractivity contribution in [3.8, 4) is 11.3 Å². The predicted octanol–water partition coefficient (Wildman–Crippen LogP) is 3.77. The maximum atomic E-state index is 13.5. The number of ether oxygens (including phenoxy) is 1. The number of amides is 1. The third kappa shape index (κ3) is 4.83. The van der Waals surface area contributed by atoms with Crippen molar-refractivity contribution < 1.29 is 13.9 Å². The second-order valence-electron chi connectivity index (χ2n) is 7.92. The molecule has 2 N–H and O–H groups in total. The maximum Gasteiger partial charge on any atom is 0.410 e. The third-order valence-electron chi connectivity index (χ3n) is 4.57. The summed E-state index contributed by atoms with van der Waals surface area (Å²) in [7, 11) is 0. The van der Waals surface area contributed by atoms with Gasteiger partial charge in [-0.1, -0.05) is 18.2 Å². The Morgan fingerprint density at radius 1 is 1.30 bits per heavy atom. The fourth-order valence-corrected chi connectivity index (χ4v) is 3.30. The lowest BCUT2D eigenvalue weighted by molar-refractivity contribution is 0.0220. The minimum atomic E-state index is -0.552. The summed E-state index contributed by atoms with van der Waals surface area (Å²) >= 11 is 0. The first kappa shape index (κ1) is 19.3. The summed E-state index contributed by atoms with van der Waals surface area (Å²) in [5.41, 5.74) is 7.94. The van der Waals surface area contributed by atoms with E-state index in [1.165, 1.54) is 12.1 Å². The Balaban J connectivity index is 1.79. The second kappa shape index (κ2) is 7.64. The average Bonchev–Trinajstić information content (AvgIpc) is 2.95. The van der Waals surface area contributed by atoms with Crippen LogP contribution in [0.3, 0.4) is 0 Å². The number of hydrogen-bond donors (Lipinski definition) is 1. The van der Waals surface area contributed by atoms with Crippen LogP contribution in [0, 0.1) is 5.82 Å². The van der Waals surface area contributed by atoms with Crippen molar-refractivity contribution in [3.05, 3.63) is 54.0 Å². The smallest absolute Gasteiger partial charge is 0.410 e.